The molecule has 1 aromatic rings. The van der Waals surface area contributed by atoms with Crippen molar-refractivity contribution >= 4 is 27.0 Å². The third-order valence-electron chi connectivity index (χ3n) is 2.70. The highest BCUT2D eigenvalue weighted by atomic mass is 79.9. The molecule has 1 N–H and O–H groups in total. The topological polar surface area (TPSA) is 64.6 Å². The summed E-state index contributed by atoms with van der Waals surface area (Å²) >= 11 is 0.936. The normalized spacial score (nSPS) is 22.7. The van der Waals surface area contributed by atoms with Crippen LogP contribution in [0.15, 0.2) is 27.6 Å². The average molecular weight is 334 g/mol. The molecule has 0 bridgehead atoms. The van der Waals surface area contributed by atoms with E-state index in [0.29, 0.717) is 10.2 Å². The van der Waals surface area contributed by atoms with E-state index in [-0.39, 0.29) is 11.1 Å². The molecule has 2 rings (SSSR count). The van der Waals surface area contributed by atoms with E-state index >= 15 is 0 Å². The lowest BCUT2D eigenvalue weighted by molar-refractivity contribution is 0.0844. The summed E-state index contributed by atoms with van der Waals surface area (Å²) in [7, 11) is 2.01. The Labute approximate surface area is 117 Å². The van der Waals surface area contributed by atoms with Gasteiger partial charge < -0.3 is 14.2 Å². The molecule has 1 aliphatic heterocycles. The Balaban J connectivity index is 2.15. The van der Waals surface area contributed by atoms with Crippen LogP contribution in [-0.4, -0.2) is 46.6 Å². The smallest absolute Gasteiger partial charge is 0.163 e. The van der Waals surface area contributed by atoms with Crippen LogP contribution in [0.2, 0.25) is 0 Å². The second-order valence-corrected chi connectivity index (χ2v) is 5.97. The zero-order valence-corrected chi connectivity index (χ0v) is 12.3. The van der Waals surface area contributed by atoms with Crippen molar-refractivity contribution < 1.29 is 13.5 Å². The molecule has 0 saturated carbocycles. The van der Waals surface area contributed by atoms with Crippen LogP contribution < -0.4 is 10.1 Å². The minimum absolute atomic E-state index is 0.166. The molecule has 1 fully saturated rings. The Bertz CT molecular complexity index is 458. The minimum Gasteiger partial charge on any atom is -0.768 e. The van der Waals surface area contributed by atoms with Crippen molar-refractivity contribution in [1.82, 2.24) is 10.2 Å². The highest BCUT2D eigenvalue weighted by Crippen LogP contribution is 2.26. The van der Waals surface area contributed by atoms with E-state index in [2.05, 4.69) is 26.1 Å². The first-order chi connectivity index (χ1) is 8.56. The molecule has 2 atom stereocenters. The minimum atomic E-state index is -2.31. The number of nitrogens with one attached hydrogen (secondary N) is 1. The van der Waals surface area contributed by atoms with E-state index in [0.717, 1.165) is 19.6 Å². The summed E-state index contributed by atoms with van der Waals surface area (Å²) in [6, 6.07) is 4.95. The molecule has 7 heteroatoms. The fourth-order valence-electron chi connectivity index (χ4n) is 1.80. The van der Waals surface area contributed by atoms with Crippen molar-refractivity contribution in [3.8, 4) is 5.75 Å². The van der Waals surface area contributed by atoms with Gasteiger partial charge in [0.2, 0.25) is 0 Å². The van der Waals surface area contributed by atoms with Gasteiger partial charge in [0.15, 0.2) is 6.23 Å². The zero-order valence-electron chi connectivity index (χ0n) is 9.89. The van der Waals surface area contributed by atoms with E-state index in [1.165, 1.54) is 6.07 Å². The predicted octanol–water partition coefficient (Wildman–Crippen LogP) is 0.927. The van der Waals surface area contributed by atoms with E-state index in [9.17, 15) is 8.76 Å². The van der Waals surface area contributed by atoms with Crippen LogP contribution in [0.25, 0.3) is 0 Å². The third-order valence-corrected chi connectivity index (χ3v) is 3.87. The monoisotopic (exact) mass is 333 g/mol. The number of likely N-dealkylation sites (N-methyl/N-ethyl adjacent to an activating group) is 1. The molecule has 100 valence electrons. The predicted molar refractivity (Wildman–Crippen MR) is 71.2 cm³/mol. The van der Waals surface area contributed by atoms with Crippen LogP contribution in [0.5, 0.6) is 5.75 Å². The molecule has 18 heavy (non-hydrogen) atoms. The van der Waals surface area contributed by atoms with E-state index in [4.69, 9.17) is 4.74 Å². The van der Waals surface area contributed by atoms with Crippen molar-refractivity contribution in [3.63, 3.8) is 0 Å². The summed E-state index contributed by atoms with van der Waals surface area (Å²) in [5.74, 6) is 0.374. The van der Waals surface area contributed by atoms with Gasteiger partial charge in [-0.05, 0) is 36.3 Å². The Morgan fingerprint density at radius 3 is 3.06 bits per heavy atom. The molecule has 0 spiro atoms. The molecule has 2 unspecified atom stereocenters. The number of benzene rings is 1. The number of piperazine rings is 1. The lowest BCUT2D eigenvalue weighted by atomic mass is 10.3. The van der Waals surface area contributed by atoms with Crippen molar-refractivity contribution in [2.45, 2.75) is 11.1 Å². The van der Waals surface area contributed by atoms with Gasteiger partial charge in [-0.1, -0.05) is 15.9 Å². The lowest BCUT2D eigenvalue weighted by Gasteiger charge is -2.31. The Kier molecular flexibility index (Phi) is 4.74. The lowest BCUT2D eigenvalue weighted by Crippen LogP contribution is -2.51. The summed E-state index contributed by atoms with van der Waals surface area (Å²) in [6.07, 6.45) is -0.188. The van der Waals surface area contributed by atoms with E-state index in [1.54, 1.807) is 12.1 Å². The van der Waals surface area contributed by atoms with Crippen molar-refractivity contribution in [2.24, 2.45) is 0 Å². The molecule has 5 nitrogen and oxygen atoms in total. The molecule has 1 saturated heterocycles. The van der Waals surface area contributed by atoms with Gasteiger partial charge in [0.25, 0.3) is 0 Å². The van der Waals surface area contributed by atoms with Gasteiger partial charge in [-0.15, -0.1) is 0 Å². The summed E-state index contributed by atoms with van der Waals surface area (Å²) in [4.78, 5) is 2.30. The molecule has 1 aromatic carbocycles. The first-order valence-corrected chi connectivity index (χ1v) is 7.40. The molecule has 1 heterocycles. The maximum atomic E-state index is 11.1. The van der Waals surface area contributed by atoms with Crippen LogP contribution in [0.4, 0.5) is 0 Å². The highest BCUT2D eigenvalue weighted by molar-refractivity contribution is 9.10. The van der Waals surface area contributed by atoms with Crippen molar-refractivity contribution in [2.75, 3.05) is 26.7 Å². The van der Waals surface area contributed by atoms with Gasteiger partial charge in [-0.3, -0.25) is 9.53 Å². The SMILES string of the molecule is CN1CCNC(Oc2ccc(Br)cc2S(=O)[O-])C1. The molecule has 0 amide bonds. The summed E-state index contributed by atoms with van der Waals surface area (Å²) in [6.45, 7) is 2.51. The fourth-order valence-corrected chi connectivity index (χ4v) is 2.81. The van der Waals surface area contributed by atoms with E-state index in [1.807, 2.05) is 7.05 Å². The largest absolute Gasteiger partial charge is 0.768 e. The molecule has 1 aliphatic rings. The second kappa shape index (κ2) is 6.12. The van der Waals surface area contributed by atoms with Crippen LogP contribution in [-0.2, 0) is 11.1 Å². The first-order valence-electron chi connectivity index (χ1n) is 5.53. The first kappa shape index (κ1) is 14.0. The maximum absolute atomic E-state index is 11.1. The number of hydrogen-bond acceptors (Lipinski definition) is 5. The molecule has 0 radical (unpaired) electrons. The third kappa shape index (κ3) is 3.52. The van der Waals surface area contributed by atoms with Crippen LogP contribution in [0, 0.1) is 0 Å². The molecular formula is C11H14BrN2O3S-. The maximum Gasteiger partial charge on any atom is 0.163 e. The van der Waals surface area contributed by atoms with Crippen molar-refractivity contribution in [1.29, 1.82) is 0 Å². The second-order valence-electron chi connectivity index (χ2n) is 4.15. The van der Waals surface area contributed by atoms with E-state index < -0.39 is 11.1 Å². The van der Waals surface area contributed by atoms with Crippen LogP contribution >= 0.6 is 15.9 Å². The van der Waals surface area contributed by atoms with Gasteiger partial charge in [-0.2, -0.15) is 0 Å². The number of rotatable bonds is 3. The van der Waals surface area contributed by atoms with Gasteiger partial charge in [0.05, 0.1) is 4.90 Å². The zero-order chi connectivity index (χ0) is 13.1. The van der Waals surface area contributed by atoms with Crippen molar-refractivity contribution in [3.05, 3.63) is 22.7 Å². The number of hydrogen-bond donors (Lipinski definition) is 1. The number of halogens is 1. The molecular weight excluding hydrogens is 320 g/mol. The number of nitrogens with zero attached hydrogens (tertiary/aromatic N) is 1. The molecule has 0 aromatic heterocycles. The highest BCUT2D eigenvalue weighted by Gasteiger charge is 2.19. The summed E-state index contributed by atoms with van der Waals surface area (Å²) in [5, 5.41) is 3.20. The van der Waals surface area contributed by atoms with Gasteiger partial charge in [-0.25, -0.2) is 0 Å². The van der Waals surface area contributed by atoms with Gasteiger partial charge in [0.1, 0.15) is 5.75 Å². The van der Waals surface area contributed by atoms with Crippen LogP contribution in [0.3, 0.4) is 0 Å². The summed E-state index contributed by atoms with van der Waals surface area (Å²) in [5.41, 5.74) is 0. The standard InChI is InChI=1S/C11H15BrN2O3S/c1-14-5-4-13-11(7-14)17-9-3-2-8(12)6-10(9)18(15)16/h2-3,6,11,13H,4-5,7H2,1H3,(H,15,16)/p-1. The Hall–Kier alpha value is -0.470. The van der Waals surface area contributed by atoms with Crippen LogP contribution in [0.1, 0.15) is 0 Å². The average Bonchev–Trinajstić information content (AvgIpc) is 2.31. The molecule has 0 aliphatic carbocycles. The number of ether oxygens (including phenoxy) is 1. The van der Waals surface area contributed by atoms with Gasteiger partial charge in [0, 0.05) is 24.1 Å². The quantitative estimate of drug-likeness (QED) is 0.833. The van der Waals surface area contributed by atoms with Gasteiger partial charge >= 0.3 is 0 Å². The Morgan fingerprint density at radius 2 is 2.39 bits per heavy atom. The Morgan fingerprint density at radius 1 is 1.61 bits per heavy atom. The fraction of sp³-hybridized carbons (Fsp3) is 0.455. The summed E-state index contributed by atoms with van der Waals surface area (Å²) < 4.78 is 28.7.